The number of hydrogen-bond donors (Lipinski definition) is 1. The standard InChI is InChI=1S/C25H30N6O/c1-5-30(6-2)25(32)21-22(27-16-17(3)4)19-13-10-14-26-23(19)31-20(28-29-24(21)31)15-18-11-8-7-9-12-18/h7-14,17,27H,5-6,15-16H2,1-4H3. The molecule has 1 amide bonds. The van der Waals surface area contributed by atoms with E-state index >= 15 is 0 Å². The molecule has 166 valence electrons. The summed E-state index contributed by atoms with van der Waals surface area (Å²) in [5.74, 6) is 1.13. The summed E-state index contributed by atoms with van der Waals surface area (Å²) in [6.45, 7) is 10.3. The van der Waals surface area contributed by atoms with Crippen LogP contribution in [-0.4, -0.2) is 50.0 Å². The molecule has 4 rings (SSSR count). The quantitative estimate of drug-likeness (QED) is 0.448. The molecule has 3 aromatic heterocycles. The maximum Gasteiger partial charge on any atom is 0.259 e. The number of benzene rings is 1. The van der Waals surface area contributed by atoms with Gasteiger partial charge in [-0.2, -0.15) is 0 Å². The Kier molecular flexibility index (Phi) is 6.35. The molecular formula is C25H30N6O. The fourth-order valence-electron chi connectivity index (χ4n) is 3.97. The lowest BCUT2D eigenvalue weighted by Crippen LogP contribution is -2.32. The highest BCUT2D eigenvalue weighted by atomic mass is 16.2. The van der Waals surface area contributed by atoms with E-state index in [-0.39, 0.29) is 5.91 Å². The number of rotatable bonds is 8. The van der Waals surface area contributed by atoms with Crippen molar-refractivity contribution in [3.05, 3.63) is 65.6 Å². The Labute approximate surface area is 188 Å². The largest absolute Gasteiger partial charge is 0.383 e. The summed E-state index contributed by atoms with van der Waals surface area (Å²) >= 11 is 0. The third kappa shape index (κ3) is 4.02. The number of pyridine rings is 2. The second kappa shape index (κ2) is 9.34. The highest BCUT2D eigenvalue weighted by Gasteiger charge is 2.27. The lowest BCUT2D eigenvalue weighted by Gasteiger charge is -2.23. The van der Waals surface area contributed by atoms with E-state index < -0.39 is 0 Å². The number of amides is 1. The molecule has 32 heavy (non-hydrogen) atoms. The van der Waals surface area contributed by atoms with Gasteiger partial charge in [0.1, 0.15) is 17.0 Å². The topological polar surface area (TPSA) is 75.4 Å². The molecule has 0 saturated carbocycles. The van der Waals surface area contributed by atoms with Crippen LogP contribution in [0.3, 0.4) is 0 Å². The molecule has 0 unspecified atom stereocenters. The van der Waals surface area contributed by atoms with Crippen molar-refractivity contribution in [2.75, 3.05) is 25.0 Å². The third-order valence-corrected chi connectivity index (χ3v) is 5.63. The molecule has 0 fully saturated rings. The summed E-state index contributed by atoms with van der Waals surface area (Å²) in [4.78, 5) is 20.2. The first-order chi connectivity index (χ1) is 15.5. The summed E-state index contributed by atoms with van der Waals surface area (Å²) in [6, 6.07) is 14.1. The van der Waals surface area contributed by atoms with Gasteiger partial charge >= 0.3 is 0 Å². The second-order valence-corrected chi connectivity index (χ2v) is 8.31. The number of fused-ring (bicyclic) bond motifs is 3. The lowest BCUT2D eigenvalue weighted by molar-refractivity contribution is 0.0775. The van der Waals surface area contributed by atoms with Crippen molar-refractivity contribution >= 4 is 28.3 Å². The van der Waals surface area contributed by atoms with Crippen LogP contribution in [0.2, 0.25) is 0 Å². The van der Waals surface area contributed by atoms with Crippen LogP contribution in [0.4, 0.5) is 5.69 Å². The maximum atomic E-state index is 13.7. The van der Waals surface area contributed by atoms with Crippen LogP contribution in [0.15, 0.2) is 48.7 Å². The van der Waals surface area contributed by atoms with Crippen molar-refractivity contribution in [1.29, 1.82) is 0 Å². The van der Waals surface area contributed by atoms with Crippen LogP contribution in [-0.2, 0) is 6.42 Å². The molecule has 0 aliphatic carbocycles. The number of hydrogen-bond acceptors (Lipinski definition) is 5. The van der Waals surface area contributed by atoms with E-state index in [0.29, 0.717) is 36.6 Å². The Balaban J connectivity index is 2.00. The molecular weight excluding hydrogens is 400 g/mol. The van der Waals surface area contributed by atoms with Crippen LogP contribution >= 0.6 is 0 Å². The molecule has 0 spiro atoms. The zero-order valence-corrected chi connectivity index (χ0v) is 19.2. The van der Waals surface area contributed by atoms with E-state index in [4.69, 9.17) is 0 Å². The minimum absolute atomic E-state index is 0.0457. The first kappa shape index (κ1) is 21.7. The first-order valence-corrected chi connectivity index (χ1v) is 11.3. The van der Waals surface area contributed by atoms with E-state index in [1.165, 1.54) is 0 Å². The number of carbonyl (C=O) groups is 1. The Hall–Kier alpha value is -3.48. The van der Waals surface area contributed by atoms with E-state index in [0.717, 1.165) is 34.7 Å². The van der Waals surface area contributed by atoms with Gasteiger partial charge in [0, 0.05) is 37.6 Å². The Bertz CT molecular complexity index is 1230. The van der Waals surface area contributed by atoms with Crippen LogP contribution in [0, 0.1) is 5.92 Å². The number of anilines is 1. The van der Waals surface area contributed by atoms with E-state index in [1.54, 1.807) is 6.20 Å². The minimum atomic E-state index is -0.0457. The van der Waals surface area contributed by atoms with Gasteiger partial charge in [-0.05, 0) is 37.5 Å². The smallest absolute Gasteiger partial charge is 0.259 e. The van der Waals surface area contributed by atoms with Crippen LogP contribution in [0.25, 0.3) is 16.7 Å². The summed E-state index contributed by atoms with van der Waals surface area (Å²) in [6.07, 6.45) is 2.37. The molecule has 0 atom stereocenters. The van der Waals surface area contributed by atoms with Crippen LogP contribution < -0.4 is 5.32 Å². The zero-order chi connectivity index (χ0) is 22.7. The maximum absolute atomic E-state index is 13.7. The summed E-state index contributed by atoms with van der Waals surface area (Å²) < 4.78 is 1.94. The molecule has 0 bridgehead atoms. The monoisotopic (exact) mass is 430 g/mol. The molecule has 0 radical (unpaired) electrons. The summed E-state index contributed by atoms with van der Waals surface area (Å²) in [7, 11) is 0. The van der Waals surface area contributed by atoms with Crippen molar-refractivity contribution in [1.82, 2.24) is 24.5 Å². The van der Waals surface area contributed by atoms with E-state index in [2.05, 4.69) is 46.5 Å². The van der Waals surface area contributed by atoms with Gasteiger partial charge in [-0.3, -0.25) is 9.20 Å². The van der Waals surface area contributed by atoms with Crippen LogP contribution in [0.1, 0.15) is 49.4 Å². The SMILES string of the molecule is CCN(CC)C(=O)c1c(NCC(C)C)c2cccnc2n2c(Cc3ccccc3)nnc12. The van der Waals surface area contributed by atoms with Gasteiger partial charge in [0.15, 0.2) is 5.65 Å². The van der Waals surface area contributed by atoms with Gasteiger partial charge in [-0.15, -0.1) is 10.2 Å². The van der Waals surface area contributed by atoms with Crippen molar-refractivity contribution in [2.45, 2.75) is 34.1 Å². The van der Waals surface area contributed by atoms with Gasteiger partial charge in [0.05, 0.1) is 5.69 Å². The lowest BCUT2D eigenvalue weighted by atomic mass is 10.1. The molecule has 4 aromatic rings. The van der Waals surface area contributed by atoms with Crippen molar-refractivity contribution in [3.8, 4) is 0 Å². The fraction of sp³-hybridized carbons (Fsp3) is 0.360. The van der Waals surface area contributed by atoms with Crippen molar-refractivity contribution in [2.24, 2.45) is 5.92 Å². The number of carbonyl (C=O) groups excluding carboxylic acids is 1. The van der Waals surface area contributed by atoms with Crippen LogP contribution in [0.5, 0.6) is 0 Å². The van der Waals surface area contributed by atoms with Crippen molar-refractivity contribution < 1.29 is 4.79 Å². The average Bonchev–Trinajstić information content (AvgIpc) is 3.22. The average molecular weight is 431 g/mol. The van der Waals surface area contributed by atoms with Gasteiger partial charge < -0.3 is 10.2 Å². The summed E-state index contributed by atoms with van der Waals surface area (Å²) in [5, 5.41) is 13.4. The normalized spacial score (nSPS) is 11.4. The predicted octanol–water partition coefficient (Wildman–Crippen LogP) is 4.42. The highest BCUT2D eigenvalue weighted by Crippen LogP contribution is 2.32. The minimum Gasteiger partial charge on any atom is -0.383 e. The molecule has 7 heteroatoms. The number of nitrogens with one attached hydrogen (secondary N) is 1. The van der Waals surface area contributed by atoms with Crippen molar-refractivity contribution in [3.63, 3.8) is 0 Å². The first-order valence-electron chi connectivity index (χ1n) is 11.3. The molecule has 7 nitrogen and oxygen atoms in total. The van der Waals surface area contributed by atoms with Gasteiger partial charge in [-0.1, -0.05) is 44.2 Å². The molecule has 0 aliphatic rings. The highest BCUT2D eigenvalue weighted by molar-refractivity contribution is 6.11. The van der Waals surface area contributed by atoms with Gasteiger partial charge in [0.25, 0.3) is 5.91 Å². The zero-order valence-electron chi connectivity index (χ0n) is 19.2. The summed E-state index contributed by atoms with van der Waals surface area (Å²) in [5.41, 5.74) is 3.77. The van der Waals surface area contributed by atoms with E-state index in [9.17, 15) is 4.79 Å². The molecule has 0 saturated heterocycles. The predicted molar refractivity (Wildman–Crippen MR) is 128 cm³/mol. The molecule has 1 aromatic carbocycles. The second-order valence-electron chi connectivity index (χ2n) is 8.31. The van der Waals surface area contributed by atoms with Gasteiger partial charge in [-0.25, -0.2) is 4.98 Å². The Morgan fingerprint density at radius 2 is 1.78 bits per heavy atom. The van der Waals surface area contributed by atoms with E-state index in [1.807, 2.05) is 53.5 Å². The Morgan fingerprint density at radius 1 is 1.03 bits per heavy atom. The third-order valence-electron chi connectivity index (χ3n) is 5.63. The molecule has 1 N–H and O–H groups in total. The molecule has 3 heterocycles. The fourth-order valence-corrected chi connectivity index (χ4v) is 3.97. The number of aromatic nitrogens is 4. The Morgan fingerprint density at radius 3 is 2.47 bits per heavy atom. The number of nitrogens with zero attached hydrogens (tertiary/aromatic N) is 5. The molecule has 0 aliphatic heterocycles. The van der Waals surface area contributed by atoms with Gasteiger partial charge in [0.2, 0.25) is 0 Å².